The quantitative estimate of drug-likeness (QED) is 0.438. The molecule has 2 fully saturated rings. The van der Waals surface area contributed by atoms with Crippen LogP contribution in [0.4, 0.5) is 0 Å². The van der Waals surface area contributed by atoms with Crippen molar-refractivity contribution in [1.82, 2.24) is 9.21 Å². The van der Waals surface area contributed by atoms with Crippen LogP contribution in [0.25, 0.3) is 0 Å². The zero-order valence-electron chi connectivity index (χ0n) is 21.5. The minimum atomic E-state index is -4.41. The second-order valence-corrected chi connectivity index (χ2v) is 12.4. The minimum Gasteiger partial charge on any atom is -0.363 e. The highest BCUT2D eigenvalue weighted by atomic mass is 32.2. The number of carbonyl (C=O) groups excluding carboxylic acids is 3. The molecule has 0 radical (unpaired) electrons. The first-order chi connectivity index (χ1) is 16.2. The van der Waals surface area contributed by atoms with Gasteiger partial charge in [0.05, 0.1) is 22.8 Å². The van der Waals surface area contributed by atoms with E-state index in [1.807, 2.05) is 39.8 Å². The number of likely N-dealkylation sites (tertiary alicyclic amines) is 1. The number of rotatable bonds is 6. The van der Waals surface area contributed by atoms with Crippen molar-refractivity contribution in [3.05, 3.63) is 41.0 Å². The Morgan fingerprint density at radius 3 is 1.91 bits per heavy atom. The Kier molecular flexibility index (Phi) is 6.04. The van der Waals surface area contributed by atoms with E-state index in [1.54, 1.807) is 0 Å². The average Bonchev–Trinajstić information content (AvgIpc) is 3.03. The van der Waals surface area contributed by atoms with Crippen molar-refractivity contribution in [2.75, 3.05) is 14.2 Å². The normalized spacial score (nSPS) is 28.3. The van der Waals surface area contributed by atoms with Crippen LogP contribution in [0, 0.1) is 11.8 Å². The van der Waals surface area contributed by atoms with Gasteiger partial charge in [-0.25, -0.2) is 12.7 Å². The molecule has 4 aliphatic rings. The van der Waals surface area contributed by atoms with Crippen LogP contribution in [0.3, 0.4) is 0 Å². The third-order valence-corrected chi connectivity index (χ3v) is 9.60. The largest absolute Gasteiger partial charge is 0.363 e. The van der Waals surface area contributed by atoms with E-state index in [0.29, 0.717) is 11.1 Å². The van der Waals surface area contributed by atoms with Crippen LogP contribution in [0.15, 0.2) is 29.2 Å². The molecule has 2 saturated heterocycles. The second-order valence-electron chi connectivity index (χ2n) is 10.7. The highest BCUT2D eigenvalue weighted by molar-refractivity contribution is 7.89. The summed E-state index contributed by atoms with van der Waals surface area (Å²) in [6.45, 7) is 11.8. The lowest BCUT2D eigenvalue weighted by Crippen LogP contribution is -2.70. The molecule has 3 heterocycles. The molecular formula is C26H34N2O6S. The zero-order valence-corrected chi connectivity index (χ0v) is 22.3. The topological polar surface area (TPSA) is 101 Å². The van der Waals surface area contributed by atoms with Crippen molar-refractivity contribution in [3.63, 3.8) is 0 Å². The van der Waals surface area contributed by atoms with E-state index < -0.39 is 51.2 Å². The Morgan fingerprint density at radius 2 is 1.46 bits per heavy atom. The van der Waals surface area contributed by atoms with Crippen molar-refractivity contribution in [3.8, 4) is 0 Å². The summed E-state index contributed by atoms with van der Waals surface area (Å²) in [5, 5.41) is 0. The molecule has 3 amide bonds. The molecule has 8 nitrogen and oxygen atoms in total. The van der Waals surface area contributed by atoms with Crippen LogP contribution in [0.2, 0.25) is 0 Å². The van der Waals surface area contributed by atoms with Crippen molar-refractivity contribution in [2.24, 2.45) is 11.8 Å². The SMILES string of the molecule is CO[C@]12C=C[C@H]([C@H]3C(=O)N(C)C(=O)[C@H]31)N(S(=O)(=O)c1c(C(C)C)cc(C(C)C)cc1C(C)C)C2=O. The lowest BCUT2D eigenvalue weighted by molar-refractivity contribution is -0.169. The lowest BCUT2D eigenvalue weighted by Gasteiger charge is -2.50. The molecule has 5 rings (SSSR count). The number of hydrogen-bond acceptors (Lipinski definition) is 6. The van der Waals surface area contributed by atoms with Crippen LogP contribution >= 0.6 is 0 Å². The molecule has 1 aromatic rings. The number of piperidine rings is 1. The summed E-state index contributed by atoms with van der Waals surface area (Å²) in [4.78, 5) is 41.0. The fourth-order valence-electron chi connectivity index (χ4n) is 5.67. The Labute approximate surface area is 207 Å². The maximum absolute atomic E-state index is 14.4. The van der Waals surface area contributed by atoms with E-state index in [2.05, 4.69) is 13.8 Å². The molecule has 1 aliphatic carbocycles. The average molecular weight is 503 g/mol. The van der Waals surface area contributed by atoms with Crippen molar-refractivity contribution in [1.29, 1.82) is 0 Å². The summed E-state index contributed by atoms with van der Waals surface area (Å²) in [5.74, 6) is -4.06. The summed E-state index contributed by atoms with van der Waals surface area (Å²) < 4.78 is 35.3. The molecule has 3 aliphatic heterocycles. The minimum absolute atomic E-state index is 0.106. The number of imide groups is 1. The molecule has 0 unspecified atom stereocenters. The number of fused-ring (bicyclic) bond motifs is 1. The van der Waals surface area contributed by atoms with Crippen LogP contribution < -0.4 is 0 Å². The fraction of sp³-hybridized carbons (Fsp3) is 0.577. The monoisotopic (exact) mass is 502 g/mol. The fourth-order valence-corrected chi connectivity index (χ4v) is 7.93. The van der Waals surface area contributed by atoms with E-state index >= 15 is 0 Å². The molecule has 9 heteroatoms. The van der Waals surface area contributed by atoms with E-state index in [1.165, 1.54) is 26.3 Å². The molecule has 4 atom stereocenters. The van der Waals surface area contributed by atoms with E-state index in [9.17, 15) is 22.8 Å². The molecular weight excluding hydrogens is 468 g/mol. The maximum atomic E-state index is 14.4. The Morgan fingerprint density at radius 1 is 0.914 bits per heavy atom. The molecule has 0 spiro atoms. The van der Waals surface area contributed by atoms with Crippen LogP contribution in [-0.4, -0.2) is 61.1 Å². The van der Waals surface area contributed by atoms with E-state index in [4.69, 9.17) is 4.74 Å². The zero-order chi connectivity index (χ0) is 26.2. The number of methoxy groups -OCH3 is 1. The van der Waals surface area contributed by atoms with Gasteiger partial charge in [0, 0.05) is 14.2 Å². The predicted octanol–water partition coefficient (Wildman–Crippen LogP) is 3.14. The third-order valence-electron chi connectivity index (χ3n) is 7.68. The first-order valence-corrected chi connectivity index (χ1v) is 13.5. The van der Waals surface area contributed by atoms with Gasteiger partial charge in [-0.15, -0.1) is 0 Å². The van der Waals surface area contributed by atoms with Crippen molar-refractivity contribution in [2.45, 2.75) is 75.8 Å². The Hall–Kier alpha value is -2.52. The van der Waals surface area contributed by atoms with Gasteiger partial charge in [-0.3, -0.25) is 19.3 Å². The van der Waals surface area contributed by atoms with E-state index in [-0.39, 0.29) is 22.6 Å². The number of nitrogens with zero attached hydrogens (tertiary/aromatic N) is 2. The first-order valence-electron chi connectivity index (χ1n) is 12.0. The second kappa shape index (κ2) is 8.27. The van der Waals surface area contributed by atoms with Gasteiger partial charge in [0.1, 0.15) is 0 Å². The number of ether oxygens (including phenoxy) is 1. The molecule has 35 heavy (non-hydrogen) atoms. The molecule has 0 aromatic heterocycles. The van der Waals surface area contributed by atoms with Gasteiger partial charge in [0.25, 0.3) is 15.9 Å². The summed E-state index contributed by atoms with van der Waals surface area (Å²) in [7, 11) is -1.79. The van der Waals surface area contributed by atoms with Crippen molar-refractivity contribution >= 4 is 27.7 Å². The Bertz CT molecular complexity index is 1220. The van der Waals surface area contributed by atoms with Gasteiger partial charge in [-0.1, -0.05) is 59.8 Å². The first kappa shape index (κ1) is 25.6. The summed E-state index contributed by atoms with van der Waals surface area (Å²) in [6.07, 6.45) is 2.98. The van der Waals surface area contributed by atoms with Crippen LogP contribution in [0.5, 0.6) is 0 Å². The molecule has 0 saturated carbocycles. The van der Waals surface area contributed by atoms with Gasteiger partial charge < -0.3 is 4.74 Å². The smallest absolute Gasteiger partial charge is 0.274 e. The third kappa shape index (κ3) is 3.34. The van der Waals surface area contributed by atoms with Gasteiger partial charge in [0.15, 0.2) is 5.60 Å². The molecule has 2 bridgehead atoms. The number of sulfonamides is 1. The number of carbonyl (C=O) groups is 3. The highest BCUT2D eigenvalue weighted by Gasteiger charge is 2.71. The summed E-state index contributed by atoms with van der Waals surface area (Å²) in [6, 6.07) is 2.72. The summed E-state index contributed by atoms with van der Waals surface area (Å²) in [5.41, 5.74) is 0.436. The van der Waals surface area contributed by atoms with Gasteiger partial charge in [-0.05, 0) is 40.5 Å². The number of hydrogen-bond donors (Lipinski definition) is 0. The molecule has 0 N–H and O–H groups in total. The number of amides is 3. The van der Waals surface area contributed by atoms with Crippen LogP contribution in [0.1, 0.15) is 76.0 Å². The lowest BCUT2D eigenvalue weighted by atomic mass is 9.67. The van der Waals surface area contributed by atoms with Gasteiger partial charge in [0.2, 0.25) is 11.8 Å². The Balaban J connectivity index is 1.99. The maximum Gasteiger partial charge on any atom is 0.274 e. The van der Waals surface area contributed by atoms with Gasteiger partial charge >= 0.3 is 0 Å². The van der Waals surface area contributed by atoms with Crippen LogP contribution in [-0.2, 0) is 29.1 Å². The highest BCUT2D eigenvalue weighted by Crippen LogP contribution is 2.51. The van der Waals surface area contributed by atoms with Crippen molar-refractivity contribution < 1.29 is 27.5 Å². The summed E-state index contributed by atoms with van der Waals surface area (Å²) >= 11 is 0. The molecule has 1 aromatic carbocycles. The molecule has 190 valence electrons. The number of benzene rings is 1. The standard InChI is InChI=1S/C26H34N2O6S/c1-13(2)16-11-17(14(3)4)22(18(12-16)15(5)6)35(32,33)28-19-9-10-26(34-8,25(28)31)21-20(19)23(29)27(7)24(21)30/h9-15,19-21H,1-8H3/t19-,20-,21+,26-/m1/s1. The van der Waals surface area contributed by atoms with E-state index in [0.717, 1.165) is 14.8 Å². The predicted molar refractivity (Wildman–Crippen MR) is 130 cm³/mol. The van der Waals surface area contributed by atoms with Gasteiger partial charge in [-0.2, -0.15) is 0 Å².